The van der Waals surface area contributed by atoms with Gasteiger partial charge in [0.25, 0.3) is 0 Å². The smallest absolute Gasteiger partial charge is 0.360 e. The minimum Gasteiger partial charge on any atom is -0.486 e. The number of nitrogens with zero attached hydrogens (tertiary/aromatic N) is 1. The van der Waals surface area contributed by atoms with E-state index in [9.17, 15) is 4.79 Å². The van der Waals surface area contributed by atoms with E-state index in [2.05, 4.69) is 45.2 Å². The van der Waals surface area contributed by atoms with Crippen LogP contribution in [0.3, 0.4) is 0 Å². The molecule has 0 spiro atoms. The van der Waals surface area contributed by atoms with Crippen molar-refractivity contribution in [3.05, 3.63) is 82.6 Å². The molecule has 0 amide bonds. The third kappa shape index (κ3) is 4.25. The lowest BCUT2D eigenvalue weighted by atomic mass is 10.0. The standard InChI is InChI=1S/C20H16BrNO3/c1-24-20(23)19-17(11-12-18(21)22-19)25-13-14-7-9-16(10-8-14)15-5-3-2-4-6-15/h2-12H,13H2,1H3. The molecular formula is C20H16BrNO3. The zero-order chi connectivity index (χ0) is 17.6. The summed E-state index contributed by atoms with van der Waals surface area (Å²) in [5.74, 6) is -0.141. The fourth-order valence-corrected chi connectivity index (χ4v) is 2.68. The number of esters is 1. The Kier molecular flexibility index (Phi) is 5.46. The van der Waals surface area contributed by atoms with E-state index in [1.54, 1.807) is 12.1 Å². The first kappa shape index (κ1) is 17.2. The summed E-state index contributed by atoms with van der Waals surface area (Å²) in [6.07, 6.45) is 0. The number of halogens is 1. The second kappa shape index (κ2) is 7.94. The first-order valence-corrected chi connectivity index (χ1v) is 8.48. The van der Waals surface area contributed by atoms with Crippen LogP contribution in [0.15, 0.2) is 71.3 Å². The van der Waals surface area contributed by atoms with Crippen LogP contribution in [0.25, 0.3) is 11.1 Å². The number of hydrogen-bond donors (Lipinski definition) is 0. The highest BCUT2D eigenvalue weighted by molar-refractivity contribution is 9.10. The van der Waals surface area contributed by atoms with E-state index in [0.717, 1.165) is 11.1 Å². The Morgan fingerprint density at radius 1 is 0.960 bits per heavy atom. The van der Waals surface area contributed by atoms with Crippen LogP contribution in [-0.2, 0) is 11.3 Å². The Balaban J connectivity index is 1.73. The molecule has 3 rings (SSSR count). The summed E-state index contributed by atoms with van der Waals surface area (Å²) in [5, 5.41) is 0. The van der Waals surface area contributed by atoms with Gasteiger partial charge in [0.2, 0.25) is 0 Å². The number of carbonyl (C=O) groups is 1. The molecule has 5 heteroatoms. The van der Waals surface area contributed by atoms with Crippen molar-refractivity contribution in [2.45, 2.75) is 6.61 Å². The van der Waals surface area contributed by atoms with Gasteiger partial charge in [-0.25, -0.2) is 9.78 Å². The quantitative estimate of drug-likeness (QED) is 0.454. The van der Waals surface area contributed by atoms with Gasteiger partial charge in [-0.15, -0.1) is 0 Å². The van der Waals surface area contributed by atoms with Gasteiger partial charge >= 0.3 is 5.97 Å². The number of pyridine rings is 1. The average molecular weight is 398 g/mol. The van der Waals surface area contributed by atoms with Gasteiger partial charge in [-0.05, 0) is 44.8 Å². The fourth-order valence-electron chi connectivity index (χ4n) is 2.37. The lowest BCUT2D eigenvalue weighted by molar-refractivity contribution is 0.0588. The number of benzene rings is 2. The number of carbonyl (C=O) groups excluding carboxylic acids is 1. The van der Waals surface area contributed by atoms with E-state index in [1.807, 2.05) is 30.3 Å². The average Bonchev–Trinajstić information content (AvgIpc) is 2.67. The summed E-state index contributed by atoms with van der Waals surface area (Å²) in [4.78, 5) is 15.9. The number of aromatic nitrogens is 1. The van der Waals surface area contributed by atoms with Crippen molar-refractivity contribution in [1.82, 2.24) is 4.98 Å². The van der Waals surface area contributed by atoms with Crippen LogP contribution in [0, 0.1) is 0 Å². The molecule has 4 nitrogen and oxygen atoms in total. The topological polar surface area (TPSA) is 48.4 Å². The van der Waals surface area contributed by atoms with Gasteiger partial charge in [0, 0.05) is 0 Å². The molecule has 0 saturated carbocycles. The highest BCUT2D eigenvalue weighted by Crippen LogP contribution is 2.23. The molecule has 0 unspecified atom stereocenters. The predicted octanol–water partition coefficient (Wildman–Crippen LogP) is 4.88. The summed E-state index contributed by atoms with van der Waals surface area (Å²) < 4.78 is 11.1. The van der Waals surface area contributed by atoms with E-state index in [4.69, 9.17) is 9.47 Å². The largest absolute Gasteiger partial charge is 0.486 e. The van der Waals surface area contributed by atoms with Crippen LogP contribution in [-0.4, -0.2) is 18.1 Å². The van der Waals surface area contributed by atoms with E-state index >= 15 is 0 Å². The van der Waals surface area contributed by atoms with E-state index in [0.29, 0.717) is 17.0 Å². The molecule has 0 aliphatic rings. The fraction of sp³-hybridized carbons (Fsp3) is 0.100. The molecule has 126 valence electrons. The SMILES string of the molecule is COC(=O)c1nc(Br)ccc1OCc1ccc(-c2ccccc2)cc1. The Bertz CT molecular complexity index is 864. The number of methoxy groups -OCH3 is 1. The van der Waals surface area contributed by atoms with Gasteiger partial charge in [-0.2, -0.15) is 0 Å². The highest BCUT2D eigenvalue weighted by Gasteiger charge is 2.15. The van der Waals surface area contributed by atoms with Crippen molar-refractivity contribution in [1.29, 1.82) is 0 Å². The van der Waals surface area contributed by atoms with Crippen molar-refractivity contribution in [2.75, 3.05) is 7.11 Å². The van der Waals surface area contributed by atoms with E-state index < -0.39 is 5.97 Å². The lowest BCUT2D eigenvalue weighted by Crippen LogP contribution is -2.08. The molecule has 0 bridgehead atoms. The molecule has 0 radical (unpaired) electrons. The van der Waals surface area contributed by atoms with Gasteiger partial charge in [-0.3, -0.25) is 0 Å². The molecule has 2 aromatic carbocycles. The zero-order valence-corrected chi connectivity index (χ0v) is 15.2. The summed E-state index contributed by atoms with van der Waals surface area (Å²) in [6, 6.07) is 21.7. The molecule has 0 aliphatic heterocycles. The first-order valence-electron chi connectivity index (χ1n) is 7.69. The van der Waals surface area contributed by atoms with Crippen molar-refractivity contribution < 1.29 is 14.3 Å². The monoisotopic (exact) mass is 397 g/mol. The molecule has 0 atom stereocenters. The maximum absolute atomic E-state index is 11.8. The molecule has 1 heterocycles. The van der Waals surface area contributed by atoms with Crippen LogP contribution >= 0.6 is 15.9 Å². The van der Waals surface area contributed by atoms with Gasteiger partial charge in [0.05, 0.1) is 7.11 Å². The molecular weight excluding hydrogens is 382 g/mol. The highest BCUT2D eigenvalue weighted by atomic mass is 79.9. The molecule has 0 fully saturated rings. The van der Waals surface area contributed by atoms with Gasteiger partial charge in [-0.1, -0.05) is 54.6 Å². The normalized spacial score (nSPS) is 10.3. The van der Waals surface area contributed by atoms with Crippen molar-refractivity contribution in [3.63, 3.8) is 0 Å². The van der Waals surface area contributed by atoms with Crippen LogP contribution in [0.2, 0.25) is 0 Å². The lowest BCUT2D eigenvalue weighted by Gasteiger charge is -2.10. The van der Waals surface area contributed by atoms with Crippen molar-refractivity contribution in [2.24, 2.45) is 0 Å². The summed E-state index contributed by atoms with van der Waals surface area (Å²) in [7, 11) is 1.32. The second-order valence-electron chi connectivity index (χ2n) is 5.32. The Labute approximate surface area is 154 Å². The summed E-state index contributed by atoms with van der Waals surface area (Å²) >= 11 is 3.25. The van der Waals surface area contributed by atoms with Crippen LogP contribution in [0.4, 0.5) is 0 Å². The van der Waals surface area contributed by atoms with E-state index in [1.165, 1.54) is 12.7 Å². The van der Waals surface area contributed by atoms with E-state index in [-0.39, 0.29) is 5.69 Å². The third-order valence-corrected chi connectivity index (χ3v) is 4.10. The first-order chi connectivity index (χ1) is 12.2. The number of ether oxygens (including phenoxy) is 2. The molecule has 25 heavy (non-hydrogen) atoms. The second-order valence-corrected chi connectivity index (χ2v) is 6.14. The molecule has 0 N–H and O–H groups in total. The van der Waals surface area contributed by atoms with Gasteiger partial charge in [0.15, 0.2) is 11.4 Å². The Morgan fingerprint density at radius 2 is 1.64 bits per heavy atom. The number of rotatable bonds is 5. The van der Waals surface area contributed by atoms with Crippen molar-refractivity contribution in [3.8, 4) is 16.9 Å². The van der Waals surface area contributed by atoms with Gasteiger partial charge < -0.3 is 9.47 Å². The third-order valence-electron chi connectivity index (χ3n) is 3.66. The van der Waals surface area contributed by atoms with Crippen LogP contribution in [0.5, 0.6) is 5.75 Å². The maximum atomic E-state index is 11.8. The molecule has 3 aromatic rings. The molecule has 0 saturated heterocycles. The zero-order valence-electron chi connectivity index (χ0n) is 13.6. The van der Waals surface area contributed by atoms with Crippen LogP contribution in [0.1, 0.15) is 16.1 Å². The van der Waals surface area contributed by atoms with Gasteiger partial charge in [0.1, 0.15) is 11.2 Å². The Morgan fingerprint density at radius 3 is 2.32 bits per heavy atom. The summed E-state index contributed by atoms with van der Waals surface area (Å²) in [5.41, 5.74) is 3.46. The summed E-state index contributed by atoms with van der Waals surface area (Å²) in [6.45, 7) is 0.336. The van der Waals surface area contributed by atoms with Crippen molar-refractivity contribution >= 4 is 21.9 Å². The minimum atomic E-state index is -0.532. The Hall–Kier alpha value is -2.66. The molecule has 0 aliphatic carbocycles. The minimum absolute atomic E-state index is 0.151. The molecule has 1 aromatic heterocycles. The van der Waals surface area contributed by atoms with Crippen LogP contribution < -0.4 is 4.74 Å². The number of hydrogen-bond acceptors (Lipinski definition) is 4. The maximum Gasteiger partial charge on any atom is 0.360 e. The predicted molar refractivity (Wildman–Crippen MR) is 99.5 cm³/mol.